The molecule has 7 rings (SSSR count). The number of benzene rings is 1. The van der Waals surface area contributed by atoms with Crippen molar-refractivity contribution in [1.82, 2.24) is 24.3 Å². The topological polar surface area (TPSA) is 136 Å². The van der Waals surface area contributed by atoms with Gasteiger partial charge in [-0.05, 0) is 48.9 Å². The normalized spacial score (nSPS) is 16.9. The molecule has 2 fully saturated rings. The fourth-order valence-corrected chi connectivity index (χ4v) is 6.37. The molecule has 0 radical (unpaired) electrons. The SMILES string of the molecule is Cc1ccc(-c2cn(CC3CCOCC3)cc(C(=O)Cc3ccc(-c4cc(-c5cnn(C[C@H]6COCCO6)c5)cnc4N)nc3)c2=O)cc1. The van der Waals surface area contributed by atoms with Crippen LogP contribution in [-0.4, -0.2) is 69.2 Å². The molecule has 0 saturated carbocycles. The Morgan fingerprint density at radius 3 is 2.45 bits per heavy atom. The number of hydrogen-bond donors (Lipinski definition) is 1. The van der Waals surface area contributed by atoms with Crippen LogP contribution >= 0.6 is 0 Å². The summed E-state index contributed by atoms with van der Waals surface area (Å²) in [6, 6.07) is 13.4. The minimum Gasteiger partial charge on any atom is -0.383 e. The van der Waals surface area contributed by atoms with Gasteiger partial charge in [0.15, 0.2) is 11.2 Å². The summed E-state index contributed by atoms with van der Waals surface area (Å²) < 4.78 is 20.6. The third-order valence-corrected chi connectivity index (χ3v) is 9.18. The van der Waals surface area contributed by atoms with E-state index in [1.54, 1.807) is 24.8 Å². The first-order valence-electron chi connectivity index (χ1n) is 16.7. The number of aromatic nitrogens is 5. The third kappa shape index (κ3) is 7.69. The predicted octanol–water partition coefficient (Wildman–Crippen LogP) is 4.99. The molecule has 4 aromatic heterocycles. The van der Waals surface area contributed by atoms with Crippen LogP contribution in [0.1, 0.15) is 34.3 Å². The number of nitrogens with zero attached hydrogens (tertiary/aromatic N) is 5. The minimum atomic E-state index is -0.264. The van der Waals surface area contributed by atoms with E-state index in [-0.39, 0.29) is 29.3 Å². The molecule has 6 heterocycles. The van der Waals surface area contributed by atoms with Crippen molar-refractivity contribution in [2.45, 2.75) is 45.4 Å². The smallest absolute Gasteiger partial charge is 0.200 e. The van der Waals surface area contributed by atoms with E-state index in [1.165, 1.54) is 0 Å². The van der Waals surface area contributed by atoms with Crippen LogP contribution in [0.2, 0.25) is 0 Å². The van der Waals surface area contributed by atoms with Crippen molar-refractivity contribution in [2.75, 3.05) is 38.8 Å². The summed E-state index contributed by atoms with van der Waals surface area (Å²) in [6.07, 6.45) is 12.6. The van der Waals surface area contributed by atoms with Crippen LogP contribution in [0.3, 0.4) is 0 Å². The lowest BCUT2D eigenvalue weighted by atomic mass is 9.97. The maximum Gasteiger partial charge on any atom is 0.200 e. The standard InChI is InChI=1S/C38H40N6O5/c1-25-2-5-28(6-3-25)33-22-43(19-26-8-10-47-11-9-26)23-34(37(33)46)36(45)14-27-4-7-35(40-16-27)32-15-29(17-41-38(32)39)30-18-42-44(20-30)21-31-24-48-12-13-49-31/h2-7,15-18,20,22-23,26,31H,8-14,19,21,24H2,1H3,(H2,39,41)/t31-/m0/s1. The van der Waals surface area contributed by atoms with Crippen molar-refractivity contribution < 1.29 is 19.0 Å². The first-order chi connectivity index (χ1) is 23.9. The van der Waals surface area contributed by atoms with Gasteiger partial charge in [-0.2, -0.15) is 5.10 Å². The molecular formula is C38H40N6O5. The molecule has 49 heavy (non-hydrogen) atoms. The molecule has 1 atom stereocenters. The summed E-state index contributed by atoms with van der Waals surface area (Å²) in [7, 11) is 0. The molecule has 252 valence electrons. The molecule has 2 aliphatic heterocycles. The molecule has 5 aromatic rings. The number of hydrogen-bond acceptors (Lipinski definition) is 9. The van der Waals surface area contributed by atoms with E-state index in [2.05, 4.69) is 15.1 Å². The number of anilines is 1. The lowest BCUT2D eigenvalue weighted by molar-refractivity contribution is -0.0946. The summed E-state index contributed by atoms with van der Waals surface area (Å²) in [4.78, 5) is 36.6. The average molecular weight is 661 g/mol. The van der Waals surface area contributed by atoms with Gasteiger partial charge in [-0.15, -0.1) is 0 Å². The number of nitrogen functional groups attached to an aromatic ring is 1. The zero-order valence-corrected chi connectivity index (χ0v) is 27.6. The predicted molar refractivity (Wildman–Crippen MR) is 186 cm³/mol. The van der Waals surface area contributed by atoms with E-state index < -0.39 is 0 Å². The van der Waals surface area contributed by atoms with Crippen LogP contribution in [0.5, 0.6) is 0 Å². The Morgan fingerprint density at radius 2 is 1.69 bits per heavy atom. The molecule has 2 aliphatic rings. The van der Waals surface area contributed by atoms with E-state index in [0.29, 0.717) is 60.5 Å². The van der Waals surface area contributed by atoms with Gasteiger partial charge in [0, 0.05) is 79.4 Å². The van der Waals surface area contributed by atoms with Crippen molar-refractivity contribution in [3.05, 3.63) is 107 Å². The average Bonchev–Trinajstić information content (AvgIpc) is 3.59. The number of aryl methyl sites for hydroxylation is 1. The Kier molecular flexibility index (Phi) is 9.74. The zero-order valence-electron chi connectivity index (χ0n) is 27.6. The van der Waals surface area contributed by atoms with E-state index in [9.17, 15) is 9.59 Å². The number of nitrogens with two attached hydrogens (primary N) is 1. The third-order valence-electron chi connectivity index (χ3n) is 9.18. The highest BCUT2D eigenvalue weighted by molar-refractivity contribution is 5.98. The largest absolute Gasteiger partial charge is 0.383 e. The van der Waals surface area contributed by atoms with Crippen LogP contribution in [0.15, 0.2) is 84.4 Å². The highest BCUT2D eigenvalue weighted by Gasteiger charge is 2.21. The Labute approximate surface area is 284 Å². The van der Waals surface area contributed by atoms with Crippen molar-refractivity contribution in [3.8, 4) is 33.5 Å². The van der Waals surface area contributed by atoms with Crippen LogP contribution < -0.4 is 11.2 Å². The molecule has 0 bridgehead atoms. The van der Waals surface area contributed by atoms with Crippen molar-refractivity contribution in [3.63, 3.8) is 0 Å². The number of ketones is 1. The van der Waals surface area contributed by atoms with Crippen LogP contribution in [0.25, 0.3) is 33.5 Å². The molecule has 0 amide bonds. The van der Waals surface area contributed by atoms with Gasteiger partial charge in [-0.1, -0.05) is 35.9 Å². The second kappa shape index (κ2) is 14.7. The second-order valence-electron chi connectivity index (χ2n) is 12.9. The summed E-state index contributed by atoms with van der Waals surface area (Å²) in [5.41, 5.74) is 12.4. The van der Waals surface area contributed by atoms with Gasteiger partial charge in [-0.25, -0.2) is 4.98 Å². The van der Waals surface area contributed by atoms with Gasteiger partial charge >= 0.3 is 0 Å². The van der Waals surface area contributed by atoms with Crippen molar-refractivity contribution in [1.29, 1.82) is 0 Å². The Hall–Kier alpha value is -4.97. The minimum absolute atomic E-state index is 0.0357. The summed E-state index contributed by atoms with van der Waals surface area (Å²) in [5, 5.41) is 4.49. The molecular weight excluding hydrogens is 620 g/mol. The lowest BCUT2D eigenvalue weighted by Gasteiger charge is -2.23. The number of Topliss-reactive ketones (excluding diaryl/α,β-unsaturated/α-hetero) is 1. The summed E-state index contributed by atoms with van der Waals surface area (Å²) in [6.45, 7) is 6.53. The highest BCUT2D eigenvalue weighted by atomic mass is 16.6. The van der Waals surface area contributed by atoms with Gasteiger partial charge in [0.25, 0.3) is 0 Å². The monoisotopic (exact) mass is 660 g/mol. The lowest BCUT2D eigenvalue weighted by Crippen LogP contribution is -2.32. The van der Waals surface area contributed by atoms with Gasteiger partial charge in [0.05, 0.1) is 43.8 Å². The van der Waals surface area contributed by atoms with Crippen molar-refractivity contribution in [2.24, 2.45) is 5.92 Å². The molecule has 0 spiro atoms. The van der Waals surface area contributed by atoms with Gasteiger partial charge in [0.1, 0.15) is 11.9 Å². The molecule has 0 aliphatic carbocycles. The highest BCUT2D eigenvalue weighted by Crippen LogP contribution is 2.29. The Balaban J connectivity index is 1.10. The Bertz CT molecular complexity index is 1970. The fraction of sp³-hybridized carbons (Fsp3) is 0.342. The quantitative estimate of drug-likeness (QED) is 0.205. The van der Waals surface area contributed by atoms with E-state index >= 15 is 0 Å². The molecule has 2 saturated heterocycles. The molecule has 1 aromatic carbocycles. The van der Waals surface area contributed by atoms with Gasteiger partial charge in [0.2, 0.25) is 0 Å². The number of ether oxygens (including phenoxy) is 3. The van der Waals surface area contributed by atoms with Gasteiger partial charge in [-0.3, -0.25) is 19.3 Å². The van der Waals surface area contributed by atoms with Gasteiger partial charge < -0.3 is 24.5 Å². The maximum atomic E-state index is 13.7. The van der Waals surface area contributed by atoms with E-state index in [1.807, 2.05) is 71.0 Å². The second-order valence-corrected chi connectivity index (χ2v) is 12.9. The number of rotatable bonds is 10. The Morgan fingerprint density at radius 1 is 0.857 bits per heavy atom. The van der Waals surface area contributed by atoms with E-state index in [0.717, 1.165) is 54.9 Å². The number of carbonyl (C=O) groups is 1. The van der Waals surface area contributed by atoms with Crippen molar-refractivity contribution >= 4 is 11.6 Å². The first kappa shape index (κ1) is 32.6. The summed E-state index contributed by atoms with van der Waals surface area (Å²) in [5.74, 6) is 0.516. The number of carbonyl (C=O) groups excluding carboxylic acids is 1. The number of pyridine rings is 3. The zero-order chi connectivity index (χ0) is 33.7. The molecule has 2 N–H and O–H groups in total. The molecule has 0 unspecified atom stereocenters. The van der Waals surface area contributed by atoms with Crippen LogP contribution in [0, 0.1) is 12.8 Å². The maximum absolute atomic E-state index is 13.7. The first-order valence-corrected chi connectivity index (χ1v) is 16.7. The fourth-order valence-electron chi connectivity index (χ4n) is 6.37. The van der Waals surface area contributed by atoms with Crippen LogP contribution in [-0.2, 0) is 33.7 Å². The van der Waals surface area contributed by atoms with Crippen LogP contribution in [0.4, 0.5) is 5.82 Å². The van der Waals surface area contributed by atoms with E-state index in [4.69, 9.17) is 19.9 Å². The molecule has 11 heteroatoms. The molecule has 11 nitrogen and oxygen atoms in total. The summed E-state index contributed by atoms with van der Waals surface area (Å²) >= 11 is 0.